The van der Waals surface area contributed by atoms with Crippen molar-refractivity contribution in [3.05, 3.63) is 83.5 Å². The number of hydrogen-bond donors (Lipinski definition) is 0. The third-order valence-corrected chi connectivity index (χ3v) is 3.87. The largest absolute Gasteiger partial charge is 1.00 e. The van der Waals surface area contributed by atoms with Crippen molar-refractivity contribution in [3.8, 4) is 11.1 Å². The first kappa shape index (κ1) is 18.4. The molecule has 2 aliphatic rings. The molecule has 0 aliphatic heterocycles. The van der Waals surface area contributed by atoms with E-state index >= 15 is 0 Å². The van der Waals surface area contributed by atoms with Gasteiger partial charge in [-0.25, -0.2) is 11.6 Å². The van der Waals surface area contributed by atoms with Crippen LogP contribution in [0.25, 0.3) is 11.1 Å². The number of allylic oxidation sites excluding steroid dienone is 4. The van der Waals surface area contributed by atoms with Crippen LogP contribution < -0.4 is 24.8 Å². The Morgan fingerprint density at radius 2 is 1.33 bits per heavy atom. The second-order valence-electron chi connectivity index (χ2n) is 4.85. The van der Waals surface area contributed by atoms with E-state index in [9.17, 15) is 0 Å². The van der Waals surface area contributed by atoms with E-state index in [2.05, 4.69) is 66.8 Å². The maximum Gasteiger partial charge on any atom is 0.00195 e. The minimum absolute atomic E-state index is 0. The van der Waals surface area contributed by atoms with Crippen molar-refractivity contribution in [2.75, 3.05) is 0 Å². The van der Waals surface area contributed by atoms with Gasteiger partial charge in [0.1, 0.15) is 0 Å². The SMILES string of the molecule is [C-]1=C(C2c3ccccc3-c3ccccc32)C=CC1.[Cl-].[Cl-].[Hf]. The van der Waals surface area contributed by atoms with Gasteiger partial charge in [-0.3, -0.25) is 6.08 Å². The standard InChI is InChI=1S/C18H13.2ClH.Hf/c1-2-8-13(7-1)18-16-11-5-3-9-14(16)15-10-4-6-12-17(15)18;;;/h1,3-7,9-12,18H,2H2;2*1H;/q-1;;;/p-2. The summed E-state index contributed by atoms with van der Waals surface area (Å²) in [4.78, 5) is 0. The van der Waals surface area contributed by atoms with Crippen LogP contribution in [-0.2, 0) is 25.8 Å². The van der Waals surface area contributed by atoms with Gasteiger partial charge >= 0.3 is 0 Å². The van der Waals surface area contributed by atoms with E-state index in [0.29, 0.717) is 5.92 Å². The molecule has 0 fully saturated rings. The van der Waals surface area contributed by atoms with Gasteiger partial charge in [-0.15, -0.1) is 6.42 Å². The molecular weight excluding hydrogens is 466 g/mol. The normalized spacial score (nSPS) is 14.2. The van der Waals surface area contributed by atoms with E-state index in [0.717, 1.165) is 6.42 Å². The number of benzene rings is 2. The van der Waals surface area contributed by atoms with Gasteiger partial charge in [0, 0.05) is 31.8 Å². The average Bonchev–Trinajstić information content (AvgIpc) is 3.03. The van der Waals surface area contributed by atoms with Crippen LogP contribution in [0.15, 0.2) is 66.3 Å². The molecule has 2 aromatic rings. The van der Waals surface area contributed by atoms with Crippen LogP contribution in [0.3, 0.4) is 0 Å². The molecule has 0 N–H and O–H groups in total. The summed E-state index contributed by atoms with van der Waals surface area (Å²) in [5.74, 6) is 0.385. The van der Waals surface area contributed by atoms with E-state index in [1.165, 1.54) is 27.8 Å². The van der Waals surface area contributed by atoms with E-state index in [1.54, 1.807) is 0 Å². The molecule has 0 amide bonds. The molecule has 0 spiro atoms. The Bertz CT molecular complexity index is 644. The van der Waals surface area contributed by atoms with Gasteiger partial charge in [-0.2, -0.15) is 6.08 Å². The summed E-state index contributed by atoms with van der Waals surface area (Å²) in [7, 11) is 0. The van der Waals surface area contributed by atoms with Crippen molar-refractivity contribution in [3.63, 3.8) is 0 Å². The number of rotatable bonds is 1. The molecule has 2 aliphatic carbocycles. The Labute approximate surface area is 157 Å². The Morgan fingerprint density at radius 1 is 0.810 bits per heavy atom. The first-order valence-electron chi connectivity index (χ1n) is 6.40. The molecule has 21 heavy (non-hydrogen) atoms. The molecule has 0 nitrogen and oxygen atoms in total. The van der Waals surface area contributed by atoms with Crippen molar-refractivity contribution in [1.82, 2.24) is 0 Å². The zero-order chi connectivity index (χ0) is 11.9. The third-order valence-electron chi connectivity index (χ3n) is 3.87. The molecule has 0 bridgehead atoms. The number of fused-ring (bicyclic) bond motifs is 3. The van der Waals surface area contributed by atoms with Crippen molar-refractivity contribution < 1.29 is 50.7 Å². The van der Waals surface area contributed by atoms with Gasteiger partial charge in [0.15, 0.2) is 0 Å². The third kappa shape index (κ3) is 2.97. The number of hydrogen-bond acceptors (Lipinski definition) is 0. The molecular formula is C18H13Cl2Hf-3. The summed E-state index contributed by atoms with van der Waals surface area (Å²) < 4.78 is 0. The Morgan fingerprint density at radius 3 is 1.81 bits per heavy atom. The fourth-order valence-electron chi connectivity index (χ4n) is 3.11. The maximum atomic E-state index is 3.49. The van der Waals surface area contributed by atoms with Crippen LogP contribution in [0.2, 0.25) is 0 Å². The van der Waals surface area contributed by atoms with Gasteiger partial charge < -0.3 is 24.8 Å². The minimum atomic E-state index is 0. The van der Waals surface area contributed by atoms with Gasteiger partial charge in [0.2, 0.25) is 0 Å². The predicted molar refractivity (Wildman–Crippen MR) is 74.2 cm³/mol. The smallest absolute Gasteiger partial charge is 0.00195 e. The van der Waals surface area contributed by atoms with Crippen molar-refractivity contribution in [2.45, 2.75) is 12.3 Å². The molecule has 4 rings (SSSR count). The molecule has 0 saturated carbocycles. The Kier molecular flexibility index (Phi) is 6.65. The quantitative estimate of drug-likeness (QED) is 0.346. The molecule has 106 valence electrons. The average molecular weight is 479 g/mol. The molecule has 0 atom stereocenters. The predicted octanol–water partition coefficient (Wildman–Crippen LogP) is -1.51. The van der Waals surface area contributed by atoms with Gasteiger partial charge in [0.25, 0.3) is 0 Å². The summed E-state index contributed by atoms with van der Waals surface area (Å²) in [5.41, 5.74) is 6.94. The molecule has 0 saturated heterocycles. The van der Waals surface area contributed by atoms with Gasteiger partial charge in [-0.05, 0) is 22.3 Å². The molecule has 0 unspecified atom stereocenters. The first-order chi connectivity index (χ1) is 8.95. The maximum absolute atomic E-state index is 3.49. The van der Waals surface area contributed by atoms with Crippen molar-refractivity contribution in [2.24, 2.45) is 0 Å². The topological polar surface area (TPSA) is 0 Å². The zero-order valence-corrected chi connectivity index (χ0v) is 16.4. The van der Waals surface area contributed by atoms with Crippen LogP contribution >= 0.6 is 0 Å². The van der Waals surface area contributed by atoms with Crippen molar-refractivity contribution >= 4 is 0 Å². The van der Waals surface area contributed by atoms with Crippen molar-refractivity contribution in [1.29, 1.82) is 0 Å². The van der Waals surface area contributed by atoms with E-state index in [1.807, 2.05) is 0 Å². The summed E-state index contributed by atoms with van der Waals surface area (Å²) in [6.07, 6.45) is 8.86. The van der Waals surface area contributed by atoms with E-state index in [4.69, 9.17) is 0 Å². The summed E-state index contributed by atoms with van der Waals surface area (Å²) in [5, 5.41) is 0. The second kappa shape index (κ2) is 7.58. The summed E-state index contributed by atoms with van der Waals surface area (Å²) >= 11 is 0. The fourth-order valence-corrected chi connectivity index (χ4v) is 3.11. The molecule has 0 radical (unpaired) electrons. The molecule has 0 heterocycles. The minimum Gasteiger partial charge on any atom is -1.00 e. The summed E-state index contributed by atoms with van der Waals surface area (Å²) in [6, 6.07) is 17.5. The van der Waals surface area contributed by atoms with Crippen LogP contribution in [0.1, 0.15) is 23.5 Å². The first-order valence-corrected chi connectivity index (χ1v) is 6.40. The summed E-state index contributed by atoms with van der Waals surface area (Å²) in [6.45, 7) is 0. The van der Waals surface area contributed by atoms with Crippen LogP contribution in [0.5, 0.6) is 0 Å². The monoisotopic (exact) mass is 479 g/mol. The Balaban J connectivity index is 0.000000735. The molecule has 2 aromatic carbocycles. The van der Waals surface area contributed by atoms with Crippen LogP contribution in [-0.4, -0.2) is 0 Å². The van der Waals surface area contributed by atoms with Gasteiger partial charge in [-0.1, -0.05) is 48.5 Å². The van der Waals surface area contributed by atoms with E-state index in [-0.39, 0.29) is 50.7 Å². The van der Waals surface area contributed by atoms with Crippen LogP contribution in [0.4, 0.5) is 0 Å². The fraction of sp³-hybridized carbons (Fsp3) is 0.111. The number of halogens is 2. The molecule has 3 heteroatoms. The van der Waals surface area contributed by atoms with Gasteiger partial charge in [0.05, 0.1) is 0 Å². The Hall–Kier alpha value is -0.630. The van der Waals surface area contributed by atoms with Crippen LogP contribution in [0, 0.1) is 6.08 Å². The second-order valence-corrected chi connectivity index (χ2v) is 4.85. The molecule has 0 aromatic heterocycles. The van der Waals surface area contributed by atoms with E-state index < -0.39 is 0 Å². The zero-order valence-electron chi connectivity index (χ0n) is 11.3.